The number of amides is 2. The van der Waals surface area contributed by atoms with Crippen LogP contribution in [0.2, 0.25) is 0 Å². The zero-order valence-electron chi connectivity index (χ0n) is 43.3. The molecule has 0 aromatic heterocycles. The third-order valence-electron chi connectivity index (χ3n) is 9.57. The van der Waals surface area contributed by atoms with Gasteiger partial charge >= 0.3 is 78.7 Å². The fourth-order valence-electron chi connectivity index (χ4n) is 5.52. The lowest BCUT2D eigenvalue weighted by Crippen LogP contribution is -2.51. The summed E-state index contributed by atoms with van der Waals surface area (Å²) in [6.45, 7) is 3.52. The van der Waals surface area contributed by atoms with E-state index in [-0.39, 0.29) is 57.3 Å². The number of alkyl halides is 10. The number of rotatable bonds is 34. The number of anilines is 2. The van der Waals surface area contributed by atoms with Crippen molar-refractivity contribution >= 4 is 59.4 Å². The van der Waals surface area contributed by atoms with Gasteiger partial charge in [-0.1, -0.05) is 37.8 Å². The number of benzene rings is 2. The second-order valence-electron chi connectivity index (χ2n) is 16.1. The molecule has 0 atom stereocenters. The Hall–Kier alpha value is -7.32. The highest BCUT2D eigenvalue weighted by Gasteiger charge is 2.65. The monoisotopic (exact) mass is 1170 g/mol. The van der Waals surface area contributed by atoms with Crippen molar-refractivity contribution in [3.8, 4) is 0 Å². The lowest BCUT2D eigenvalue weighted by atomic mass is 10.0. The largest absolute Gasteiger partial charge is 0.495 e. The Morgan fingerprint density at radius 1 is 0.575 bits per heavy atom. The van der Waals surface area contributed by atoms with Gasteiger partial charge in [0.05, 0.1) is 26.1 Å². The minimum atomic E-state index is -6.08. The Morgan fingerprint density at radius 3 is 1.70 bits per heavy atom. The maximum atomic E-state index is 13.7. The molecule has 2 rings (SSSR count). The van der Waals surface area contributed by atoms with Gasteiger partial charge in [0.25, 0.3) is 0 Å². The Bertz CT molecular complexity index is 2370. The van der Waals surface area contributed by atoms with Crippen molar-refractivity contribution in [2.45, 2.75) is 122 Å². The first-order valence-corrected chi connectivity index (χ1v) is 23.4. The van der Waals surface area contributed by atoms with Crippen molar-refractivity contribution in [3.63, 3.8) is 0 Å². The summed E-state index contributed by atoms with van der Waals surface area (Å²) in [5, 5.41) is 13.0. The second kappa shape index (κ2) is 34.6. The molecule has 2 amide bonds. The molecule has 0 aliphatic rings. The summed E-state index contributed by atoms with van der Waals surface area (Å²) in [4.78, 5) is 92.5. The molecule has 0 bridgehead atoms. The average molecular weight is 1170 g/mol. The topological polar surface area (TPSA) is 282 Å². The van der Waals surface area contributed by atoms with Crippen LogP contribution in [0, 0.1) is 13.8 Å². The lowest BCUT2D eigenvalue weighted by molar-refractivity contribution is -0.552. The van der Waals surface area contributed by atoms with E-state index in [9.17, 15) is 82.3 Å². The van der Waals surface area contributed by atoms with Gasteiger partial charge < -0.3 is 47.7 Å². The van der Waals surface area contributed by atoms with Crippen LogP contribution in [0.3, 0.4) is 0 Å². The molecule has 0 saturated carbocycles. The smallest absolute Gasteiger partial charge is 0.465 e. The predicted molar refractivity (Wildman–Crippen MR) is 249 cm³/mol. The summed E-state index contributed by atoms with van der Waals surface area (Å²) in [7, 11) is 0.0143. The number of halogens is 10. The fourth-order valence-corrected chi connectivity index (χ4v) is 5.52. The summed E-state index contributed by atoms with van der Waals surface area (Å²) >= 11 is 0. The molecular formula is C48H58F10N2O20. The van der Waals surface area contributed by atoms with Gasteiger partial charge in [0.1, 0.15) is 0 Å². The number of carbonyl (C=O) groups excluding carboxylic acids is 8. The molecule has 450 valence electrons. The highest BCUT2D eigenvalue weighted by atomic mass is 19.3. The Morgan fingerprint density at radius 2 is 1.12 bits per heavy atom. The summed E-state index contributed by atoms with van der Waals surface area (Å²) in [5.41, 5.74) is 2.22. The second-order valence-corrected chi connectivity index (χ2v) is 16.1. The van der Waals surface area contributed by atoms with E-state index in [1.54, 1.807) is 26.8 Å². The molecule has 3 N–H and O–H groups in total. The highest BCUT2D eigenvalue weighted by molar-refractivity contribution is 5.89. The third kappa shape index (κ3) is 31.3. The van der Waals surface area contributed by atoms with Crippen molar-refractivity contribution in [2.75, 3.05) is 57.8 Å². The number of nitrogens with one attached hydrogen (secondary N) is 2. The first-order valence-electron chi connectivity index (χ1n) is 23.4. The Labute approximate surface area is 449 Å². The van der Waals surface area contributed by atoms with Crippen LogP contribution in [-0.2, 0) is 93.7 Å². The van der Waals surface area contributed by atoms with E-state index in [1.165, 1.54) is 30.3 Å². The number of hydrogen-bond acceptors (Lipinski definition) is 20. The van der Waals surface area contributed by atoms with Crippen LogP contribution in [0.4, 0.5) is 64.9 Å². The van der Waals surface area contributed by atoms with Crippen molar-refractivity contribution in [1.82, 2.24) is 0 Å². The first kappa shape index (κ1) is 70.7. The van der Waals surface area contributed by atoms with E-state index < -0.39 is 112 Å². The van der Waals surface area contributed by atoms with E-state index in [1.807, 2.05) is 0 Å². The van der Waals surface area contributed by atoms with Crippen LogP contribution >= 0.6 is 0 Å². The maximum absolute atomic E-state index is 13.7. The molecule has 0 aliphatic heterocycles. The van der Waals surface area contributed by atoms with Gasteiger partial charge in [-0.15, -0.1) is 8.78 Å². The molecule has 0 fully saturated rings. The quantitative estimate of drug-likeness (QED) is 0.0147. The van der Waals surface area contributed by atoms with Crippen molar-refractivity contribution < 1.29 is 139 Å². The molecule has 0 heterocycles. The first-order chi connectivity index (χ1) is 37.2. The molecule has 0 saturated heterocycles. The molecule has 2 aromatic carbocycles. The number of carbonyl (C=O) groups is 8. The zero-order chi connectivity index (χ0) is 60.7. The molecule has 0 unspecified atom stereocenters. The predicted octanol–water partition coefficient (Wildman–Crippen LogP) is 8.66. The van der Waals surface area contributed by atoms with Gasteiger partial charge in [0.2, 0.25) is 13.6 Å². The normalized spacial score (nSPS) is 11.6. The molecule has 2 aromatic rings. The van der Waals surface area contributed by atoms with Crippen molar-refractivity contribution in [3.05, 3.63) is 71.3 Å². The molecule has 0 radical (unpaired) electrons. The van der Waals surface area contributed by atoms with Crippen LogP contribution in [0.5, 0.6) is 0 Å². The summed E-state index contributed by atoms with van der Waals surface area (Å²) < 4.78 is 176. The molecule has 0 spiro atoms. The number of hydrogen-bond donors (Lipinski definition) is 3. The third-order valence-corrected chi connectivity index (χ3v) is 9.57. The Balaban J connectivity index is 0.000000837. The van der Waals surface area contributed by atoms with Gasteiger partial charge in [-0.2, -0.15) is 35.1 Å². The Kier molecular flexibility index (Phi) is 30.6. The van der Waals surface area contributed by atoms with Crippen molar-refractivity contribution in [2.24, 2.45) is 0 Å². The highest BCUT2D eigenvalue weighted by Crippen LogP contribution is 2.42. The standard InChI is InChI=1S/C27H32F8O11.C21H26F2N2O9/c1-4-20(36)43-16-44-21(37)8-6-5-7-11-41-23(39)14-19-12-18(10-9-17(19)2)13-22(38)42-15-24(28,29)45-27(34,35)46-26(32,33)25(30,31)40-3;1-3-17(26)33-13-34-18(27)7-5-4-6-10-31-20(29)25-16-11-15(9-8-14(16)2)24-19(28)32-12-21(22,23)30/h9-10,12H,4-8,11,13-16H2,1-3H3;3,8-9,11,30H,1,4-7,10,12-13H2,2H3,(H,24,28)(H,25,29). The average Bonchev–Trinajstić information content (AvgIpc) is 3.36. The van der Waals surface area contributed by atoms with Gasteiger partial charge in [-0.3, -0.25) is 34.6 Å². The van der Waals surface area contributed by atoms with Crippen LogP contribution in [0.25, 0.3) is 0 Å². The van der Waals surface area contributed by atoms with Gasteiger partial charge in [-0.05, 0) is 86.8 Å². The van der Waals surface area contributed by atoms with E-state index in [4.69, 9.17) is 24.1 Å². The summed E-state index contributed by atoms with van der Waals surface area (Å²) in [6, 6.07) is 8.60. The number of ether oxygens (including phenoxy) is 11. The number of aryl methyl sites for hydroxylation is 2. The van der Waals surface area contributed by atoms with Crippen LogP contribution in [0.1, 0.15) is 87.0 Å². The SMILES string of the molecule is C=CC(=O)OCOC(=O)CCCCCOC(=O)Nc1cc(NC(=O)OCC(O)(F)F)ccc1C.CCC(=O)OCOC(=O)CCCCCOC(=O)Cc1cc(CC(=O)OCC(F)(F)OC(F)(F)OC(F)(F)C(F)(F)OC)ccc1C. The van der Waals surface area contributed by atoms with E-state index in [0.717, 1.165) is 6.08 Å². The minimum Gasteiger partial charge on any atom is -0.465 e. The lowest BCUT2D eigenvalue weighted by Gasteiger charge is -2.29. The van der Waals surface area contributed by atoms with Crippen LogP contribution in [0.15, 0.2) is 49.1 Å². The molecule has 80 heavy (non-hydrogen) atoms. The maximum Gasteiger partial charge on any atom is 0.495 e. The zero-order valence-corrected chi connectivity index (χ0v) is 43.3. The van der Waals surface area contributed by atoms with Gasteiger partial charge in [-0.25, -0.2) is 23.9 Å². The van der Waals surface area contributed by atoms with E-state index in [0.29, 0.717) is 60.9 Å². The summed E-state index contributed by atoms with van der Waals surface area (Å²) in [6.07, 6.45) is -25.8. The molecule has 22 nitrogen and oxygen atoms in total. The van der Waals surface area contributed by atoms with Gasteiger partial charge in [0, 0.05) is 43.8 Å². The molecular weight excluding hydrogens is 1110 g/mol. The van der Waals surface area contributed by atoms with Crippen LogP contribution in [-0.4, -0.2) is 131 Å². The minimum absolute atomic E-state index is 0.0143. The van der Waals surface area contributed by atoms with E-state index >= 15 is 0 Å². The van der Waals surface area contributed by atoms with Gasteiger partial charge in [0.15, 0.2) is 13.2 Å². The fraction of sp³-hybridized carbons (Fsp3) is 0.542. The number of aliphatic hydroxyl groups is 1. The number of esters is 6. The summed E-state index contributed by atoms with van der Waals surface area (Å²) in [5.74, 6) is -4.36. The number of methoxy groups -OCH3 is 1. The van der Waals surface area contributed by atoms with Crippen LogP contribution < -0.4 is 10.6 Å². The number of unbranched alkanes of at least 4 members (excludes halogenated alkanes) is 4. The van der Waals surface area contributed by atoms with Crippen molar-refractivity contribution in [1.29, 1.82) is 0 Å². The van der Waals surface area contributed by atoms with E-state index in [2.05, 4.69) is 50.4 Å². The molecule has 32 heteroatoms. The molecule has 0 aliphatic carbocycles.